The number of hydrogen-bond acceptors (Lipinski definition) is 6. The van der Waals surface area contributed by atoms with E-state index in [1.54, 1.807) is 0 Å². The zero-order chi connectivity index (χ0) is 21.4. The number of benzene rings is 2. The Morgan fingerprint density at radius 3 is 2.84 bits per heavy atom. The van der Waals surface area contributed by atoms with Crippen molar-refractivity contribution >= 4 is 34.5 Å². The number of fused-ring (bicyclic) bond motifs is 2. The number of nitrogens with zero attached hydrogens (tertiary/aromatic N) is 1. The van der Waals surface area contributed by atoms with Gasteiger partial charge in [0.05, 0.1) is 11.3 Å². The molecular weight excluding hydrogens is 401 g/mol. The van der Waals surface area contributed by atoms with Crippen LogP contribution in [-0.2, 0) is 14.4 Å². The van der Waals surface area contributed by atoms with E-state index in [1.165, 1.54) is 18.2 Å². The van der Waals surface area contributed by atoms with Crippen molar-refractivity contribution in [2.24, 2.45) is 5.16 Å². The Kier molecular flexibility index (Phi) is 4.87. The van der Waals surface area contributed by atoms with Gasteiger partial charge in [0.25, 0.3) is 11.8 Å². The van der Waals surface area contributed by atoms with Crippen molar-refractivity contribution < 1.29 is 18.8 Å². The van der Waals surface area contributed by atoms with Gasteiger partial charge in [0.2, 0.25) is 0 Å². The highest BCUT2D eigenvalue weighted by molar-refractivity contribution is 6.39. The van der Waals surface area contributed by atoms with Crippen molar-refractivity contribution in [2.75, 3.05) is 30.3 Å². The molecule has 3 aliphatic heterocycles. The average molecular weight is 421 g/mol. The Labute approximate surface area is 177 Å². The molecule has 2 amide bonds. The second-order valence-electron chi connectivity index (χ2n) is 7.54. The summed E-state index contributed by atoms with van der Waals surface area (Å²) in [4.78, 5) is 30.2. The molecule has 158 valence electrons. The fourth-order valence-corrected chi connectivity index (χ4v) is 3.99. The van der Waals surface area contributed by atoms with Crippen molar-refractivity contribution in [1.82, 2.24) is 10.6 Å². The molecule has 3 aliphatic rings. The lowest BCUT2D eigenvalue weighted by Gasteiger charge is -2.10. The largest absolute Gasteiger partial charge is 0.385 e. The van der Waals surface area contributed by atoms with Crippen LogP contribution in [0.25, 0.3) is 5.57 Å². The summed E-state index contributed by atoms with van der Waals surface area (Å²) in [5, 5.41) is 16.2. The summed E-state index contributed by atoms with van der Waals surface area (Å²) in [6, 6.07) is 11.6. The van der Waals surface area contributed by atoms with Crippen LogP contribution in [0.2, 0.25) is 0 Å². The average Bonchev–Trinajstić information content (AvgIpc) is 3.45. The summed E-state index contributed by atoms with van der Waals surface area (Å²) < 4.78 is 13.9. The van der Waals surface area contributed by atoms with Crippen LogP contribution in [-0.4, -0.2) is 43.3 Å². The normalized spacial score (nSPS) is 22.7. The van der Waals surface area contributed by atoms with Crippen LogP contribution in [0, 0.1) is 5.82 Å². The Bertz CT molecular complexity index is 1140. The molecule has 31 heavy (non-hydrogen) atoms. The first kappa shape index (κ1) is 19.3. The SMILES string of the molecule is O=C(CO/N=C1/C(=C2/C(=O)Nc3ccc(F)cc32)Nc2ccccc21)NC1CCNC1. The molecule has 9 heteroatoms. The Morgan fingerprint density at radius 2 is 2.00 bits per heavy atom. The van der Waals surface area contributed by atoms with E-state index in [0.29, 0.717) is 22.7 Å². The number of anilines is 2. The van der Waals surface area contributed by atoms with Gasteiger partial charge in [0.15, 0.2) is 6.61 Å². The minimum atomic E-state index is -0.448. The molecule has 1 saturated heterocycles. The third-order valence-electron chi connectivity index (χ3n) is 5.43. The van der Waals surface area contributed by atoms with Crippen LogP contribution in [0.3, 0.4) is 0 Å². The maximum Gasteiger partial charge on any atom is 0.261 e. The van der Waals surface area contributed by atoms with Crippen molar-refractivity contribution in [3.8, 4) is 0 Å². The minimum Gasteiger partial charge on any atom is -0.385 e. The molecule has 2 aromatic rings. The first-order chi connectivity index (χ1) is 15.1. The summed E-state index contributed by atoms with van der Waals surface area (Å²) in [7, 11) is 0. The fraction of sp³-hybridized carbons (Fsp3) is 0.227. The van der Waals surface area contributed by atoms with E-state index >= 15 is 0 Å². The van der Waals surface area contributed by atoms with Gasteiger partial charge in [0.1, 0.15) is 11.5 Å². The van der Waals surface area contributed by atoms with Crippen LogP contribution in [0.5, 0.6) is 0 Å². The van der Waals surface area contributed by atoms with Crippen molar-refractivity contribution in [1.29, 1.82) is 0 Å². The van der Waals surface area contributed by atoms with Gasteiger partial charge in [-0.25, -0.2) is 4.39 Å². The zero-order valence-electron chi connectivity index (χ0n) is 16.5. The number of nitrogens with one attached hydrogen (secondary N) is 4. The molecule has 1 atom stereocenters. The topological polar surface area (TPSA) is 104 Å². The number of halogens is 1. The van der Waals surface area contributed by atoms with Gasteiger partial charge in [-0.05, 0) is 37.2 Å². The van der Waals surface area contributed by atoms with Gasteiger partial charge in [-0.2, -0.15) is 0 Å². The molecule has 1 fully saturated rings. The number of rotatable bonds is 4. The van der Waals surface area contributed by atoms with Crippen molar-refractivity contribution in [2.45, 2.75) is 12.5 Å². The van der Waals surface area contributed by atoms with E-state index in [9.17, 15) is 14.0 Å². The highest BCUT2D eigenvalue weighted by atomic mass is 19.1. The molecule has 1 unspecified atom stereocenters. The van der Waals surface area contributed by atoms with E-state index in [-0.39, 0.29) is 30.0 Å². The molecule has 2 aromatic carbocycles. The second-order valence-corrected chi connectivity index (χ2v) is 7.54. The number of allylic oxidation sites excluding steroid dienone is 1. The predicted octanol–water partition coefficient (Wildman–Crippen LogP) is 1.81. The minimum absolute atomic E-state index is 0.0869. The Balaban J connectivity index is 1.46. The van der Waals surface area contributed by atoms with Crippen molar-refractivity contribution in [3.05, 3.63) is 65.1 Å². The summed E-state index contributed by atoms with van der Waals surface area (Å²) in [5.41, 5.74) is 3.50. The molecule has 0 aromatic heterocycles. The van der Waals surface area contributed by atoms with Crippen LogP contribution in [0.4, 0.5) is 15.8 Å². The lowest BCUT2D eigenvalue weighted by Crippen LogP contribution is -2.38. The first-order valence-electron chi connectivity index (χ1n) is 10.0. The van der Waals surface area contributed by atoms with E-state index in [2.05, 4.69) is 26.4 Å². The third-order valence-corrected chi connectivity index (χ3v) is 5.43. The lowest BCUT2D eigenvalue weighted by atomic mass is 10.0. The Morgan fingerprint density at radius 1 is 1.16 bits per heavy atom. The van der Waals surface area contributed by atoms with Crippen LogP contribution >= 0.6 is 0 Å². The maximum absolute atomic E-state index is 13.9. The summed E-state index contributed by atoms with van der Waals surface area (Å²) >= 11 is 0. The summed E-state index contributed by atoms with van der Waals surface area (Å²) in [6.45, 7) is 1.36. The number of para-hydroxylation sites is 1. The molecule has 0 saturated carbocycles. The molecule has 3 heterocycles. The van der Waals surface area contributed by atoms with Crippen LogP contribution in [0.15, 0.2) is 53.3 Å². The monoisotopic (exact) mass is 421 g/mol. The number of carbonyl (C=O) groups excluding carboxylic acids is 2. The van der Waals surface area contributed by atoms with E-state index < -0.39 is 5.82 Å². The van der Waals surface area contributed by atoms with Crippen molar-refractivity contribution in [3.63, 3.8) is 0 Å². The number of oxime groups is 1. The molecule has 0 spiro atoms. The van der Waals surface area contributed by atoms with Gasteiger partial charge in [-0.1, -0.05) is 23.4 Å². The van der Waals surface area contributed by atoms with E-state index in [1.807, 2.05) is 24.3 Å². The van der Waals surface area contributed by atoms with E-state index in [4.69, 9.17) is 4.84 Å². The van der Waals surface area contributed by atoms with Gasteiger partial charge >= 0.3 is 0 Å². The van der Waals surface area contributed by atoms with Crippen LogP contribution in [0.1, 0.15) is 17.5 Å². The number of amides is 2. The molecule has 4 N–H and O–H groups in total. The van der Waals surface area contributed by atoms with Gasteiger partial charge in [-0.15, -0.1) is 0 Å². The van der Waals surface area contributed by atoms with Gasteiger partial charge < -0.3 is 26.1 Å². The summed E-state index contributed by atoms with van der Waals surface area (Å²) in [5.74, 6) is -1.08. The second kappa shape index (κ2) is 7.84. The highest BCUT2D eigenvalue weighted by Crippen LogP contribution is 2.39. The molecule has 0 aliphatic carbocycles. The first-order valence-corrected chi connectivity index (χ1v) is 10.0. The molecule has 0 radical (unpaired) electrons. The van der Waals surface area contributed by atoms with Crippen LogP contribution < -0.4 is 21.3 Å². The number of hydrogen-bond donors (Lipinski definition) is 4. The highest BCUT2D eigenvalue weighted by Gasteiger charge is 2.34. The lowest BCUT2D eigenvalue weighted by molar-refractivity contribution is -0.126. The quantitative estimate of drug-likeness (QED) is 0.445. The zero-order valence-corrected chi connectivity index (χ0v) is 16.5. The third kappa shape index (κ3) is 3.64. The molecule has 0 bridgehead atoms. The molecule has 8 nitrogen and oxygen atoms in total. The maximum atomic E-state index is 13.9. The number of carbonyl (C=O) groups is 2. The fourth-order valence-electron chi connectivity index (χ4n) is 3.99. The molecule has 5 rings (SSSR count). The molecular formula is C22H20FN5O3. The van der Waals surface area contributed by atoms with Gasteiger partial charge in [0, 0.05) is 35.1 Å². The standard InChI is InChI=1S/C22H20FN5O3/c23-12-5-6-17-15(9-12)19(22(30)27-17)21-20(14-3-1-2-4-16(14)26-21)28-31-11-18(29)25-13-7-8-24-10-13/h1-6,9,13,24,26H,7-8,10-11H2,(H,25,29)(H,27,30)/b21-19-,28-20+. The predicted molar refractivity (Wildman–Crippen MR) is 114 cm³/mol. The van der Waals surface area contributed by atoms with E-state index in [0.717, 1.165) is 30.8 Å². The smallest absolute Gasteiger partial charge is 0.261 e. The van der Waals surface area contributed by atoms with Gasteiger partial charge in [-0.3, -0.25) is 9.59 Å². The Hall–Kier alpha value is -3.72. The summed E-state index contributed by atoms with van der Waals surface area (Å²) in [6.07, 6.45) is 0.874.